The van der Waals surface area contributed by atoms with Gasteiger partial charge in [-0.2, -0.15) is 0 Å². The van der Waals surface area contributed by atoms with Gasteiger partial charge in [-0.05, 0) is 12.1 Å². The topological polar surface area (TPSA) is 78.9 Å². The highest BCUT2D eigenvalue weighted by atomic mass is 16.5. The van der Waals surface area contributed by atoms with Crippen LogP contribution in [-0.2, 0) is 4.79 Å². The summed E-state index contributed by atoms with van der Waals surface area (Å²) in [6.45, 7) is 3.62. The minimum atomic E-state index is -0.511. The summed E-state index contributed by atoms with van der Waals surface area (Å²) in [5, 5.41) is 12.4. The molecule has 0 atom stereocenters. The molecule has 3 amide bonds. The summed E-state index contributed by atoms with van der Waals surface area (Å²) in [5.41, 5.74) is 0.480. The van der Waals surface area contributed by atoms with E-state index < -0.39 is 11.9 Å². The molecule has 1 aromatic carbocycles. The van der Waals surface area contributed by atoms with Gasteiger partial charge in [0.1, 0.15) is 5.70 Å². The monoisotopic (exact) mass is 274 g/mol. The Hall–Kier alpha value is -2.76. The molecule has 0 saturated carbocycles. The highest BCUT2D eigenvalue weighted by Crippen LogP contribution is 2.31. The van der Waals surface area contributed by atoms with Crippen LogP contribution in [0, 0.1) is 0 Å². The van der Waals surface area contributed by atoms with E-state index in [2.05, 4.69) is 11.9 Å². The van der Waals surface area contributed by atoms with E-state index in [1.807, 2.05) is 0 Å². The SMILES string of the molecule is C=CCN1C(=O)NC(=Cc2cccc(OC)c2O)C1=O. The van der Waals surface area contributed by atoms with E-state index in [1.54, 1.807) is 18.2 Å². The maximum atomic E-state index is 12.0. The number of nitrogens with zero attached hydrogens (tertiary/aromatic N) is 1. The fourth-order valence-corrected chi connectivity index (χ4v) is 1.84. The third-order valence-corrected chi connectivity index (χ3v) is 2.82. The number of carbonyl (C=O) groups is 2. The van der Waals surface area contributed by atoms with Crippen molar-refractivity contribution in [3.63, 3.8) is 0 Å². The largest absolute Gasteiger partial charge is 0.504 e. The van der Waals surface area contributed by atoms with Gasteiger partial charge in [0.2, 0.25) is 0 Å². The zero-order valence-corrected chi connectivity index (χ0v) is 10.9. The second-order valence-corrected chi connectivity index (χ2v) is 4.09. The molecule has 20 heavy (non-hydrogen) atoms. The molecule has 0 aromatic heterocycles. The van der Waals surface area contributed by atoms with E-state index in [0.717, 1.165) is 4.90 Å². The number of phenols is 1. The summed E-state index contributed by atoms with van der Waals surface area (Å²) in [7, 11) is 1.43. The molecule has 2 rings (SSSR count). The summed E-state index contributed by atoms with van der Waals surface area (Å²) in [5.74, 6) is -0.261. The molecule has 0 spiro atoms. The lowest BCUT2D eigenvalue weighted by Crippen LogP contribution is -2.30. The minimum Gasteiger partial charge on any atom is -0.504 e. The number of aromatic hydroxyl groups is 1. The summed E-state index contributed by atoms with van der Waals surface area (Å²) in [4.78, 5) is 24.6. The van der Waals surface area contributed by atoms with E-state index in [9.17, 15) is 14.7 Å². The molecule has 1 heterocycles. The van der Waals surface area contributed by atoms with Gasteiger partial charge in [-0.1, -0.05) is 18.2 Å². The molecule has 1 saturated heterocycles. The van der Waals surface area contributed by atoms with Crippen LogP contribution < -0.4 is 10.1 Å². The quantitative estimate of drug-likeness (QED) is 0.495. The van der Waals surface area contributed by atoms with Crippen molar-refractivity contribution in [3.8, 4) is 11.5 Å². The Morgan fingerprint density at radius 2 is 2.20 bits per heavy atom. The number of para-hydroxylation sites is 1. The number of ether oxygens (including phenoxy) is 1. The first kappa shape index (κ1) is 13.7. The zero-order chi connectivity index (χ0) is 14.7. The maximum absolute atomic E-state index is 12.0. The third kappa shape index (κ3) is 2.35. The molecule has 0 radical (unpaired) electrons. The van der Waals surface area contributed by atoms with Crippen LogP contribution in [0.2, 0.25) is 0 Å². The lowest BCUT2D eigenvalue weighted by Gasteiger charge is -2.07. The number of methoxy groups -OCH3 is 1. The second kappa shape index (κ2) is 5.48. The fourth-order valence-electron chi connectivity index (χ4n) is 1.84. The first-order chi connectivity index (χ1) is 9.58. The number of nitrogens with one attached hydrogen (secondary N) is 1. The average molecular weight is 274 g/mol. The summed E-state index contributed by atoms with van der Waals surface area (Å²) in [6.07, 6.45) is 2.87. The van der Waals surface area contributed by atoms with Crippen molar-refractivity contribution < 1.29 is 19.4 Å². The highest BCUT2D eigenvalue weighted by Gasteiger charge is 2.32. The van der Waals surface area contributed by atoms with Crippen LogP contribution in [0.1, 0.15) is 5.56 Å². The lowest BCUT2D eigenvalue weighted by molar-refractivity contribution is -0.122. The number of rotatable bonds is 4. The number of hydrogen-bond acceptors (Lipinski definition) is 4. The number of phenolic OH excluding ortho intramolecular Hbond substituents is 1. The molecule has 0 unspecified atom stereocenters. The van der Waals surface area contributed by atoms with Crippen LogP contribution in [0.5, 0.6) is 11.5 Å². The number of amides is 3. The molecule has 1 aliphatic heterocycles. The maximum Gasteiger partial charge on any atom is 0.329 e. The number of imide groups is 1. The Kier molecular flexibility index (Phi) is 3.74. The van der Waals surface area contributed by atoms with Crippen molar-refractivity contribution in [2.75, 3.05) is 13.7 Å². The molecule has 1 fully saturated rings. The molecule has 0 bridgehead atoms. The van der Waals surface area contributed by atoms with Gasteiger partial charge in [-0.3, -0.25) is 9.69 Å². The minimum absolute atomic E-state index is 0.0910. The first-order valence-corrected chi connectivity index (χ1v) is 5.90. The number of urea groups is 1. The molecule has 2 N–H and O–H groups in total. The molecular weight excluding hydrogens is 260 g/mol. The normalized spacial score (nSPS) is 16.4. The van der Waals surface area contributed by atoms with E-state index in [4.69, 9.17) is 4.74 Å². The Morgan fingerprint density at radius 1 is 1.45 bits per heavy atom. The number of hydrogen-bond donors (Lipinski definition) is 2. The van der Waals surface area contributed by atoms with Gasteiger partial charge >= 0.3 is 6.03 Å². The predicted molar refractivity (Wildman–Crippen MR) is 73.1 cm³/mol. The zero-order valence-electron chi connectivity index (χ0n) is 10.9. The van der Waals surface area contributed by atoms with Gasteiger partial charge < -0.3 is 15.2 Å². The van der Waals surface area contributed by atoms with Crippen molar-refractivity contribution in [2.45, 2.75) is 0 Å². The van der Waals surface area contributed by atoms with Crippen LogP contribution in [0.15, 0.2) is 36.6 Å². The van der Waals surface area contributed by atoms with E-state index in [-0.39, 0.29) is 18.0 Å². The standard InChI is InChI=1S/C14H14N2O4/c1-3-7-16-13(18)10(15-14(16)19)8-9-5-4-6-11(20-2)12(9)17/h3-6,8,17H,1,7H2,2H3,(H,15,19). The van der Waals surface area contributed by atoms with Gasteiger partial charge in [0, 0.05) is 12.1 Å². The summed E-state index contributed by atoms with van der Waals surface area (Å²) >= 11 is 0. The van der Waals surface area contributed by atoms with Gasteiger partial charge in [-0.15, -0.1) is 6.58 Å². The van der Waals surface area contributed by atoms with Crippen LogP contribution in [-0.4, -0.2) is 35.6 Å². The van der Waals surface area contributed by atoms with E-state index >= 15 is 0 Å². The molecule has 0 aliphatic carbocycles. The molecule has 6 heteroatoms. The van der Waals surface area contributed by atoms with Crippen molar-refractivity contribution in [3.05, 3.63) is 42.1 Å². The Morgan fingerprint density at radius 3 is 2.85 bits per heavy atom. The van der Waals surface area contributed by atoms with Crippen LogP contribution in [0.25, 0.3) is 6.08 Å². The molecule has 1 aliphatic rings. The first-order valence-electron chi connectivity index (χ1n) is 5.90. The molecule has 1 aromatic rings. The smallest absolute Gasteiger partial charge is 0.329 e. The van der Waals surface area contributed by atoms with Crippen LogP contribution in [0.3, 0.4) is 0 Å². The molecule has 6 nitrogen and oxygen atoms in total. The predicted octanol–water partition coefficient (Wildman–Crippen LogP) is 1.48. The van der Waals surface area contributed by atoms with Gasteiger partial charge in [0.05, 0.1) is 7.11 Å². The lowest BCUT2D eigenvalue weighted by atomic mass is 10.1. The summed E-state index contributed by atoms with van der Waals surface area (Å²) < 4.78 is 4.98. The van der Waals surface area contributed by atoms with Gasteiger partial charge in [0.25, 0.3) is 5.91 Å². The Balaban J connectivity index is 2.35. The van der Waals surface area contributed by atoms with Crippen molar-refractivity contribution in [2.24, 2.45) is 0 Å². The van der Waals surface area contributed by atoms with Crippen LogP contribution >= 0.6 is 0 Å². The molecular formula is C14H14N2O4. The third-order valence-electron chi connectivity index (χ3n) is 2.82. The van der Waals surface area contributed by atoms with Gasteiger partial charge in [-0.25, -0.2) is 4.79 Å². The second-order valence-electron chi connectivity index (χ2n) is 4.09. The van der Waals surface area contributed by atoms with Crippen molar-refractivity contribution in [1.82, 2.24) is 10.2 Å². The summed E-state index contributed by atoms with van der Waals surface area (Å²) in [6, 6.07) is 4.37. The Bertz CT molecular complexity index is 607. The number of carbonyl (C=O) groups excluding carboxylic acids is 2. The van der Waals surface area contributed by atoms with Crippen molar-refractivity contribution in [1.29, 1.82) is 0 Å². The van der Waals surface area contributed by atoms with Crippen LogP contribution in [0.4, 0.5) is 4.79 Å². The fraction of sp³-hybridized carbons (Fsp3) is 0.143. The van der Waals surface area contributed by atoms with Crippen molar-refractivity contribution >= 4 is 18.0 Å². The Labute approximate surface area is 116 Å². The van der Waals surface area contributed by atoms with E-state index in [0.29, 0.717) is 11.3 Å². The number of benzene rings is 1. The average Bonchev–Trinajstić information content (AvgIpc) is 2.69. The highest BCUT2D eigenvalue weighted by molar-refractivity contribution is 6.14. The van der Waals surface area contributed by atoms with Gasteiger partial charge in [0.15, 0.2) is 11.5 Å². The van der Waals surface area contributed by atoms with E-state index in [1.165, 1.54) is 19.3 Å². The molecule has 104 valence electrons.